The molecule has 45 heteroatoms. The summed E-state index contributed by atoms with van der Waals surface area (Å²) in [5.41, 5.74) is 6.40. The van der Waals surface area contributed by atoms with Gasteiger partial charge in [0.2, 0.25) is 0 Å². The number of halogens is 13. The second-order valence-electron chi connectivity index (χ2n) is 20.3. The van der Waals surface area contributed by atoms with E-state index >= 15 is 0 Å². The Balaban J connectivity index is 0.000000462. The molecule has 0 saturated carbocycles. The van der Waals surface area contributed by atoms with Crippen molar-refractivity contribution in [1.29, 1.82) is 0 Å². The van der Waals surface area contributed by atoms with E-state index in [1.165, 1.54) is 100 Å². The van der Waals surface area contributed by atoms with Gasteiger partial charge in [0.05, 0.1) is 55.4 Å². The SMILES string of the molecule is Cn1ncc(O)c(Br)c1=O.Cn1ncc(OC(F)F)c(-c2ccc(C[C@H](NC(=O)c3c(Cl)cccc3Cl)C(=O)O)cc2)c1=O.Cn1ncc(OC(F)F)c(Br)c1=O.N[C@@H](Cc1ccc(B(O)O)cc1)C(=O)O.O=C(N[C@@H](Cc1ccc(B(O)O)cc1)C(=O)O)c1c(Cl)cccc1Cl.O=C([O-])C(F)(F)Cl.[Na+]. The number of aromatic hydroxyl groups is 1. The number of alkyl halides is 7. The van der Waals surface area contributed by atoms with Crippen molar-refractivity contribution in [3.8, 4) is 28.4 Å². The first kappa shape index (κ1) is 93.0. The maximum absolute atomic E-state index is 12.7. The van der Waals surface area contributed by atoms with Gasteiger partial charge in [0, 0.05) is 34.0 Å². The van der Waals surface area contributed by atoms with Crippen molar-refractivity contribution < 1.29 is 140 Å². The minimum atomic E-state index is -4.22. The molecule has 0 bridgehead atoms. The third-order valence-electron chi connectivity index (χ3n) is 12.9. The molecule has 0 unspecified atom stereocenters. The van der Waals surface area contributed by atoms with Crippen molar-refractivity contribution in [3.63, 3.8) is 0 Å². The van der Waals surface area contributed by atoms with E-state index in [9.17, 15) is 74.9 Å². The molecule has 0 saturated heterocycles. The summed E-state index contributed by atoms with van der Waals surface area (Å²) in [6.07, 6.45) is 3.36. The van der Waals surface area contributed by atoms with Crippen molar-refractivity contribution >= 4 is 151 Å². The van der Waals surface area contributed by atoms with Crippen LogP contribution in [0.1, 0.15) is 37.4 Å². The van der Waals surface area contributed by atoms with Gasteiger partial charge in [-0.3, -0.25) is 28.8 Å². The molecule has 8 aromatic rings. The fraction of sp³-hybridized carbons (Fsp3) is 0.200. The normalized spacial score (nSPS) is 11.3. The van der Waals surface area contributed by atoms with Crippen molar-refractivity contribution in [2.45, 2.75) is 56.0 Å². The van der Waals surface area contributed by atoms with Crippen molar-refractivity contribution in [1.82, 2.24) is 40.0 Å². The van der Waals surface area contributed by atoms with Crippen LogP contribution in [0.25, 0.3) is 11.1 Å². The van der Waals surface area contributed by atoms with Crippen LogP contribution in [-0.2, 0) is 59.6 Å². The Bertz CT molecular complexity index is 4460. The number of carbonyl (C=O) groups excluding carboxylic acids is 3. The van der Waals surface area contributed by atoms with Gasteiger partial charge in [-0.15, -0.1) is 0 Å². The number of carbonyl (C=O) groups is 6. The molecule has 2 amide bonds. The number of benzene rings is 5. The summed E-state index contributed by atoms with van der Waals surface area (Å²) in [7, 11) is 1.15. The monoisotopic (exact) mass is 1710 g/mol. The number of carboxylic acid groups (broad SMARTS) is 4. The van der Waals surface area contributed by atoms with E-state index in [4.69, 9.17) is 92.3 Å². The van der Waals surface area contributed by atoms with E-state index in [1.54, 1.807) is 36.4 Å². The van der Waals surface area contributed by atoms with Gasteiger partial charge in [-0.1, -0.05) is 131 Å². The van der Waals surface area contributed by atoms with Gasteiger partial charge >= 0.3 is 80.3 Å². The Morgan fingerprint density at radius 2 is 0.886 bits per heavy atom. The van der Waals surface area contributed by atoms with Gasteiger partial charge in [-0.2, -0.15) is 41.6 Å². The van der Waals surface area contributed by atoms with Gasteiger partial charge < -0.3 is 76.3 Å². The number of aliphatic carboxylic acids is 4. The first-order valence-electron chi connectivity index (χ1n) is 28.3. The molecule has 105 heavy (non-hydrogen) atoms. The van der Waals surface area contributed by atoms with E-state index in [0.717, 1.165) is 32.0 Å². The van der Waals surface area contributed by atoms with E-state index in [2.05, 4.69) is 78.9 Å². The summed E-state index contributed by atoms with van der Waals surface area (Å²) in [4.78, 5) is 102. The van der Waals surface area contributed by atoms with Gasteiger partial charge in [0.1, 0.15) is 33.0 Å². The third kappa shape index (κ3) is 30.3. The van der Waals surface area contributed by atoms with E-state index in [-0.39, 0.29) is 123 Å². The van der Waals surface area contributed by atoms with Gasteiger partial charge in [-0.05, 0) is 107 Å². The van der Waals surface area contributed by atoms with E-state index in [1.807, 2.05) is 0 Å². The number of amides is 2. The second-order valence-corrected chi connectivity index (χ2v) is 24.0. The topological polar surface area (TPSA) is 461 Å². The Kier molecular flexibility index (Phi) is 39.1. The average Bonchev–Trinajstić information content (AvgIpc) is 0.806. The number of hydrogen-bond acceptors (Lipinski definition) is 21. The molecule has 3 heterocycles. The van der Waals surface area contributed by atoms with Gasteiger partial charge in [0.25, 0.3) is 28.5 Å². The van der Waals surface area contributed by atoms with Crippen LogP contribution in [0.5, 0.6) is 17.2 Å². The quantitative estimate of drug-likeness (QED) is 0.0273. The van der Waals surface area contributed by atoms with Crippen LogP contribution in [0.15, 0.2) is 151 Å². The van der Waals surface area contributed by atoms with Crippen LogP contribution >= 0.6 is 89.9 Å². The fourth-order valence-corrected chi connectivity index (χ4v) is 9.66. The van der Waals surface area contributed by atoms with E-state index < -0.39 is 104 Å². The summed E-state index contributed by atoms with van der Waals surface area (Å²) in [5, 5.41) is 92.9. The molecule has 0 aliphatic carbocycles. The largest absolute Gasteiger partial charge is 1.00 e. The first-order valence-corrected chi connectivity index (χ1v) is 31.7. The first-order chi connectivity index (χ1) is 48.5. The number of ether oxygens (including phenoxy) is 2. The Labute approximate surface area is 652 Å². The molecule has 0 spiro atoms. The number of carboxylic acids is 4. The third-order valence-corrected chi connectivity index (χ3v) is 15.8. The molecule has 3 atom stereocenters. The maximum atomic E-state index is 12.7. The molecular weight excluding hydrogens is 1660 g/mol. The minimum Gasteiger partial charge on any atom is -0.543 e. The number of hydrogen-bond donors (Lipinski definition) is 11. The fourth-order valence-electron chi connectivity index (χ4n) is 7.71. The van der Waals surface area contributed by atoms with Crippen LogP contribution in [0.4, 0.5) is 26.3 Å². The Hall–Kier alpha value is -8.12. The molecular formula is C60H53B2Br2Cl5F6N9NaO20. The summed E-state index contributed by atoms with van der Waals surface area (Å²) >= 11 is 33.5. The summed E-state index contributed by atoms with van der Waals surface area (Å²) in [6.45, 7) is -6.12. The molecule has 0 aliphatic heterocycles. The number of nitrogens with zero attached hydrogens (tertiary/aromatic N) is 6. The molecule has 29 nitrogen and oxygen atoms in total. The molecule has 556 valence electrons. The zero-order valence-electron chi connectivity index (χ0n) is 53.9. The number of nitrogens with two attached hydrogens (primary N) is 1. The number of aromatic nitrogens is 6. The van der Waals surface area contributed by atoms with Crippen molar-refractivity contribution in [2.24, 2.45) is 26.9 Å². The minimum absolute atomic E-state index is 0. The summed E-state index contributed by atoms with van der Waals surface area (Å²) in [6, 6.07) is 23.8. The predicted molar refractivity (Wildman–Crippen MR) is 370 cm³/mol. The molecule has 3 aromatic heterocycles. The van der Waals surface area contributed by atoms with Gasteiger partial charge in [0.15, 0.2) is 17.2 Å². The maximum Gasteiger partial charge on any atom is 1.00 e. The van der Waals surface area contributed by atoms with Crippen LogP contribution < -0.4 is 88.1 Å². The van der Waals surface area contributed by atoms with Crippen LogP contribution in [0, 0.1) is 0 Å². The standard InChI is InChI=1S/C22H17Cl2F2N3O5.C16H14BCl2NO5.C9H12BNO4.C6H5BrF2N2O2.C5H5BrN2O2.C2HClF2O2.Na/c1-29-20(31)17(16(10-27-29)34-22(25)26)12-7-5-11(6-8-12)9-15(21(32)33)28-19(30)18-13(23)3-2-4-14(18)24;18-11-2-1-3-12(19)14(11)15(21)20-13(16(22)23)8-9-4-6-10(7-5-9)17(24)25;11-8(9(12)13)5-6-1-3-7(4-2-6)10(14)15;1-11-5(12)4(7)3(2-10-11)13-6(8)9;1-8-5(10)4(6)3(9)2-7-8;3-2(4,5)1(6)7;/h2-8,10,15,22H,9H2,1H3,(H,28,30)(H,32,33);1-7,13,24-25H,8H2,(H,20,21)(H,22,23);1-4,8,14-15H,5,11H2,(H,12,13);2,6H,1H3;2,9H,1H3;(H,6,7);/q;;;;;;+1/p-1/t15-;13-;8-;;;;/m000..../s1. The smallest absolute Gasteiger partial charge is 0.543 e. The number of nitrogens with one attached hydrogen (secondary N) is 2. The second kappa shape index (κ2) is 44.1. The predicted octanol–water partition coefficient (Wildman–Crippen LogP) is 1.17. The number of aryl methyl sites for hydroxylation is 3. The van der Waals surface area contributed by atoms with Gasteiger partial charge in [-0.25, -0.2) is 23.6 Å². The Morgan fingerprint density at radius 1 is 0.562 bits per heavy atom. The van der Waals surface area contributed by atoms with Crippen molar-refractivity contribution in [3.05, 3.63) is 216 Å². The average molecular weight is 1720 g/mol. The number of rotatable bonds is 21. The molecule has 0 aliphatic rings. The Morgan fingerprint density at radius 3 is 1.22 bits per heavy atom. The van der Waals surface area contributed by atoms with Crippen LogP contribution in [0.3, 0.4) is 0 Å². The zero-order valence-corrected chi connectivity index (χ0v) is 62.9. The molecule has 0 fully saturated rings. The van der Waals surface area contributed by atoms with Crippen LogP contribution in [0.2, 0.25) is 20.1 Å². The molecule has 5 aromatic carbocycles. The molecule has 8 rings (SSSR count). The zero-order chi connectivity index (χ0) is 78.8. The summed E-state index contributed by atoms with van der Waals surface area (Å²) in [5.74, 6) is -8.38. The van der Waals surface area contributed by atoms with Crippen LogP contribution in [-0.4, -0.2) is 157 Å². The molecule has 12 N–H and O–H groups in total. The van der Waals surface area contributed by atoms with E-state index in [0.29, 0.717) is 16.6 Å². The summed E-state index contributed by atoms with van der Waals surface area (Å²) < 4.78 is 82.5. The van der Waals surface area contributed by atoms with Crippen molar-refractivity contribution in [2.75, 3.05) is 0 Å². The molecule has 0 radical (unpaired) electrons.